The minimum absolute atomic E-state index is 0.132. The van der Waals surface area contributed by atoms with Gasteiger partial charge in [0.1, 0.15) is 23.6 Å². The SMILES string of the molecule is CC(C)c1ocnc1Cn1cnc(C#N)c1C#N. The summed E-state index contributed by atoms with van der Waals surface area (Å²) < 4.78 is 6.91. The zero-order valence-electron chi connectivity index (χ0n) is 10.1. The molecule has 0 aliphatic heterocycles. The lowest BCUT2D eigenvalue weighted by molar-refractivity contribution is 0.477. The summed E-state index contributed by atoms with van der Waals surface area (Å²) in [6.07, 6.45) is 2.86. The number of imidazole rings is 1. The highest BCUT2D eigenvalue weighted by molar-refractivity contribution is 5.36. The van der Waals surface area contributed by atoms with E-state index in [2.05, 4.69) is 9.97 Å². The summed E-state index contributed by atoms with van der Waals surface area (Å²) in [5, 5.41) is 17.8. The Morgan fingerprint density at radius 2 is 2.11 bits per heavy atom. The fraction of sp³-hybridized carbons (Fsp3) is 0.333. The van der Waals surface area contributed by atoms with E-state index in [9.17, 15) is 0 Å². The topological polar surface area (TPSA) is 91.4 Å². The lowest BCUT2D eigenvalue weighted by Gasteiger charge is -2.05. The Morgan fingerprint density at radius 3 is 2.72 bits per heavy atom. The minimum Gasteiger partial charge on any atom is -0.448 e. The Labute approximate surface area is 104 Å². The van der Waals surface area contributed by atoms with Crippen molar-refractivity contribution < 1.29 is 4.42 Å². The van der Waals surface area contributed by atoms with Crippen LogP contribution in [0.3, 0.4) is 0 Å². The van der Waals surface area contributed by atoms with Gasteiger partial charge in [-0.15, -0.1) is 0 Å². The molecule has 0 aliphatic carbocycles. The van der Waals surface area contributed by atoms with Crippen molar-refractivity contribution in [2.75, 3.05) is 0 Å². The van der Waals surface area contributed by atoms with Gasteiger partial charge in [-0.05, 0) is 0 Å². The van der Waals surface area contributed by atoms with Gasteiger partial charge in [0.15, 0.2) is 17.8 Å². The summed E-state index contributed by atoms with van der Waals surface area (Å²) in [4.78, 5) is 8.02. The van der Waals surface area contributed by atoms with E-state index in [4.69, 9.17) is 14.9 Å². The maximum Gasteiger partial charge on any atom is 0.181 e. The quantitative estimate of drug-likeness (QED) is 0.816. The number of nitriles is 2. The first kappa shape index (κ1) is 11.9. The lowest BCUT2D eigenvalue weighted by atomic mass is 10.1. The molecular weight excluding hydrogens is 230 g/mol. The fourth-order valence-electron chi connectivity index (χ4n) is 1.73. The highest BCUT2D eigenvalue weighted by Gasteiger charge is 2.16. The van der Waals surface area contributed by atoms with Crippen LogP contribution < -0.4 is 0 Å². The summed E-state index contributed by atoms with van der Waals surface area (Å²) in [6, 6.07) is 3.86. The molecular formula is C12H11N5O. The van der Waals surface area contributed by atoms with E-state index in [0.29, 0.717) is 6.54 Å². The molecule has 0 saturated carbocycles. The summed E-state index contributed by atoms with van der Waals surface area (Å²) in [7, 11) is 0. The molecule has 0 bridgehead atoms. The van der Waals surface area contributed by atoms with Crippen molar-refractivity contribution in [3.63, 3.8) is 0 Å². The number of nitrogens with zero attached hydrogens (tertiary/aromatic N) is 5. The Bertz CT molecular complexity index is 638. The first-order valence-corrected chi connectivity index (χ1v) is 5.45. The monoisotopic (exact) mass is 241 g/mol. The second-order valence-electron chi connectivity index (χ2n) is 4.11. The third-order valence-electron chi connectivity index (χ3n) is 2.57. The standard InChI is InChI=1S/C12H11N5O/c1-8(2)12-10(16-7-18-12)5-17-6-15-9(3-13)11(17)4-14/h6-8H,5H2,1-2H3. The Hall–Kier alpha value is -2.60. The first-order chi connectivity index (χ1) is 8.67. The van der Waals surface area contributed by atoms with Crippen LogP contribution in [0.25, 0.3) is 0 Å². The zero-order chi connectivity index (χ0) is 13.1. The van der Waals surface area contributed by atoms with Gasteiger partial charge >= 0.3 is 0 Å². The molecule has 0 amide bonds. The van der Waals surface area contributed by atoms with Gasteiger partial charge in [-0.3, -0.25) is 0 Å². The van der Waals surface area contributed by atoms with Gasteiger partial charge in [0.2, 0.25) is 0 Å². The van der Waals surface area contributed by atoms with E-state index in [1.54, 1.807) is 4.57 Å². The Kier molecular flexibility index (Phi) is 3.11. The Morgan fingerprint density at radius 1 is 1.33 bits per heavy atom. The highest BCUT2D eigenvalue weighted by Crippen LogP contribution is 2.19. The summed E-state index contributed by atoms with van der Waals surface area (Å²) in [5.41, 5.74) is 1.13. The van der Waals surface area contributed by atoms with Crippen LogP contribution >= 0.6 is 0 Å². The third-order valence-corrected chi connectivity index (χ3v) is 2.57. The molecule has 6 nitrogen and oxygen atoms in total. The van der Waals surface area contributed by atoms with E-state index in [-0.39, 0.29) is 17.3 Å². The second kappa shape index (κ2) is 4.72. The van der Waals surface area contributed by atoms with Gasteiger partial charge in [0.25, 0.3) is 0 Å². The van der Waals surface area contributed by atoms with Crippen molar-refractivity contribution in [3.8, 4) is 12.1 Å². The van der Waals surface area contributed by atoms with Crippen LogP contribution in [0.4, 0.5) is 0 Å². The van der Waals surface area contributed by atoms with Gasteiger partial charge in [-0.1, -0.05) is 13.8 Å². The Balaban J connectivity index is 2.36. The van der Waals surface area contributed by atoms with E-state index in [1.807, 2.05) is 26.0 Å². The molecule has 18 heavy (non-hydrogen) atoms. The maximum absolute atomic E-state index is 9.02. The van der Waals surface area contributed by atoms with Crippen LogP contribution in [0.1, 0.15) is 42.6 Å². The lowest BCUT2D eigenvalue weighted by Crippen LogP contribution is -2.04. The molecule has 2 aromatic rings. The molecule has 0 radical (unpaired) electrons. The average molecular weight is 241 g/mol. The van der Waals surface area contributed by atoms with E-state index >= 15 is 0 Å². The molecule has 0 aliphatic rings. The largest absolute Gasteiger partial charge is 0.448 e. The molecule has 0 atom stereocenters. The molecule has 0 spiro atoms. The first-order valence-electron chi connectivity index (χ1n) is 5.45. The highest BCUT2D eigenvalue weighted by atomic mass is 16.3. The van der Waals surface area contributed by atoms with E-state index < -0.39 is 0 Å². The van der Waals surface area contributed by atoms with Crippen LogP contribution in [-0.2, 0) is 6.54 Å². The molecule has 0 fully saturated rings. The van der Waals surface area contributed by atoms with Crippen molar-refractivity contribution in [2.45, 2.75) is 26.3 Å². The van der Waals surface area contributed by atoms with E-state index in [1.165, 1.54) is 12.7 Å². The zero-order valence-corrected chi connectivity index (χ0v) is 10.1. The van der Waals surface area contributed by atoms with Gasteiger partial charge in [-0.2, -0.15) is 10.5 Å². The van der Waals surface area contributed by atoms with Gasteiger partial charge in [0, 0.05) is 5.92 Å². The number of hydrogen-bond acceptors (Lipinski definition) is 5. The van der Waals surface area contributed by atoms with Crippen molar-refractivity contribution in [1.29, 1.82) is 10.5 Å². The molecule has 6 heteroatoms. The fourth-order valence-corrected chi connectivity index (χ4v) is 1.73. The van der Waals surface area contributed by atoms with Crippen LogP contribution in [0.2, 0.25) is 0 Å². The predicted octanol–water partition coefficient (Wildman–Crippen LogP) is 1.79. The number of aromatic nitrogens is 3. The average Bonchev–Trinajstić information content (AvgIpc) is 2.95. The molecule has 2 rings (SSSR count). The summed E-state index contributed by atoms with van der Waals surface area (Å²) in [5.74, 6) is 0.998. The molecule has 2 aromatic heterocycles. The molecule has 0 N–H and O–H groups in total. The minimum atomic E-state index is 0.132. The molecule has 0 saturated heterocycles. The number of hydrogen-bond donors (Lipinski definition) is 0. The van der Waals surface area contributed by atoms with Gasteiger partial charge < -0.3 is 8.98 Å². The van der Waals surface area contributed by atoms with Gasteiger partial charge in [0.05, 0.1) is 12.9 Å². The molecule has 0 unspecified atom stereocenters. The maximum atomic E-state index is 9.02. The molecule has 90 valence electrons. The van der Waals surface area contributed by atoms with Crippen molar-refractivity contribution in [1.82, 2.24) is 14.5 Å². The van der Waals surface area contributed by atoms with Crippen LogP contribution in [0.15, 0.2) is 17.1 Å². The van der Waals surface area contributed by atoms with Gasteiger partial charge in [-0.25, -0.2) is 9.97 Å². The van der Waals surface area contributed by atoms with E-state index in [0.717, 1.165) is 11.5 Å². The summed E-state index contributed by atoms with van der Waals surface area (Å²) in [6.45, 7) is 4.38. The van der Waals surface area contributed by atoms with Crippen molar-refractivity contribution in [3.05, 3.63) is 35.6 Å². The molecule has 0 aromatic carbocycles. The smallest absolute Gasteiger partial charge is 0.181 e. The normalized spacial score (nSPS) is 10.3. The third kappa shape index (κ3) is 1.96. The van der Waals surface area contributed by atoms with Crippen LogP contribution in [-0.4, -0.2) is 14.5 Å². The van der Waals surface area contributed by atoms with Crippen molar-refractivity contribution in [2.24, 2.45) is 0 Å². The second-order valence-corrected chi connectivity index (χ2v) is 4.11. The molecule has 2 heterocycles. The number of rotatable bonds is 3. The number of oxazole rings is 1. The van der Waals surface area contributed by atoms with Crippen molar-refractivity contribution >= 4 is 0 Å². The van der Waals surface area contributed by atoms with Crippen LogP contribution in [0.5, 0.6) is 0 Å². The summed E-state index contributed by atoms with van der Waals surface area (Å²) >= 11 is 0. The predicted molar refractivity (Wildman–Crippen MR) is 61.4 cm³/mol. The van der Waals surface area contributed by atoms with Crippen LogP contribution in [0, 0.1) is 22.7 Å².